The number of ether oxygens (including phenoxy) is 1. The summed E-state index contributed by atoms with van der Waals surface area (Å²) in [6, 6.07) is 1.85. The highest BCUT2D eigenvalue weighted by Gasteiger charge is 2.15. The van der Waals surface area contributed by atoms with E-state index < -0.39 is 5.97 Å². The van der Waals surface area contributed by atoms with E-state index in [1.54, 1.807) is 11.4 Å². The summed E-state index contributed by atoms with van der Waals surface area (Å²) in [5.74, 6) is 0.634. The SMILES string of the molecule is COC(=O)c1sccc1NC(=O)CSCCC(C)N. The van der Waals surface area contributed by atoms with Gasteiger partial charge in [0.2, 0.25) is 5.91 Å². The van der Waals surface area contributed by atoms with Crippen molar-refractivity contribution in [2.45, 2.75) is 19.4 Å². The van der Waals surface area contributed by atoms with Gasteiger partial charge in [-0.15, -0.1) is 11.3 Å². The van der Waals surface area contributed by atoms with Gasteiger partial charge >= 0.3 is 5.97 Å². The Morgan fingerprint density at radius 3 is 2.95 bits per heavy atom. The second kappa shape index (κ2) is 8.19. The second-order valence-corrected chi connectivity index (χ2v) is 6.04. The van der Waals surface area contributed by atoms with E-state index >= 15 is 0 Å². The van der Waals surface area contributed by atoms with Gasteiger partial charge in [-0.05, 0) is 30.5 Å². The number of thioether (sulfide) groups is 1. The second-order valence-electron chi connectivity index (χ2n) is 4.02. The van der Waals surface area contributed by atoms with Gasteiger partial charge in [0, 0.05) is 6.04 Å². The van der Waals surface area contributed by atoms with E-state index in [2.05, 4.69) is 10.1 Å². The monoisotopic (exact) mass is 302 g/mol. The predicted octanol–water partition coefficient (Wildman–Crippen LogP) is 1.94. The number of hydrogen-bond acceptors (Lipinski definition) is 6. The van der Waals surface area contributed by atoms with Crippen LogP contribution in [0.5, 0.6) is 0 Å². The van der Waals surface area contributed by atoms with Crippen molar-refractivity contribution in [2.75, 3.05) is 23.9 Å². The van der Waals surface area contributed by atoms with Crippen LogP contribution in [0.2, 0.25) is 0 Å². The Kier molecular flexibility index (Phi) is 6.90. The lowest BCUT2D eigenvalue weighted by atomic mass is 10.3. The lowest BCUT2D eigenvalue weighted by Crippen LogP contribution is -2.18. The molecule has 7 heteroatoms. The molecule has 0 aliphatic carbocycles. The average molecular weight is 302 g/mol. The number of carbonyl (C=O) groups is 2. The van der Waals surface area contributed by atoms with Crippen molar-refractivity contribution < 1.29 is 14.3 Å². The smallest absolute Gasteiger partial charge is 0.350 e. The highest BCUT2D eigenvalue weighted by molar-refractivity contribution is 7.99. The van der Waals surface area contributed by atoms with Gasteiger partial charge in [-0.25, -0.2) is 4.79 Å². The van der Waals surface area contributed by atoms with Crippen molar-refractivity contribution in [3.8, 4) is 0 Å². The number of amides is 1. The molecule has 1 amide bonds. The normalized spacial score (nSPS) is 11.9. The molecule has 0 radical (unpaired) electrons. The number of carbonyl (C=O) groups excluding carboxylic acids is 2. The van der Waals surface area contributed by atoms with Gasteiger partial charge in [0.05, 0.1) is 18.6 Å². The molecule has 1 rings (SSSR count). The Labute approximate surface area is 120 Å². The van der Waals surface area contributed by atoms with Gasteiger partial charge in [0.25, 0.3) is 0 Å². The molecule has 0 spiro atoms. The van der Waals surface area contributed by atoms with Gasteiger partial charge in [-0.3, -0.25) is 4.79 Å². The molecule has 0 fully saturated rings. The molecular formula is C12H18N2O3S2. The zero-order valence-electron chi connectivity index (χ0n) is 11.0. The third-order valence-corrected chi connectivity index (χ3v) is 4.15. The molecule has 0 saturated carbocycles. The number of nitrogens with one attached hydrogen (secondary N) is 1. The number of anilines is 1. The van der Waals surface area contributed by atoms with Crippen LogP contribution in [0.25, 0.3) is 0 Å². The molecule has 1 atom stereocenters. The summed E-state index contributed by atoms with van der Waals surface area (Å²) < 4.78 is 4.64. The maximum Gasteiger partial charge on any atom is 0.350 e. The minimum absolute atomic E-state index is 0.127. The van der Waals surface area contributed by atoms with Crippen molar-refractivity contribution >= 4 is 40.7 Å². The quantitative estimate of drug-likeness (QED) is 0.594. The highest BCUT2D eigenvalue weighted by atomic mass is 32.2. The number of esters is 1. The molecule has 0 bridgehead atoms. The van der Waals surface area contributed by atoms with E-state index in [0.29, 0.717) is 16.3 Å². The minimum atomic E-state index is -0.435. The van der Waals surface area contributed by atoms with E-state index in [9.17, 15) is 9.59 Å². The number of thiophene rings is 1. The van der Waals surface area contributed by atoms with Crippen LogP contribution in [-0.4, -0.2) is 36.5 Å². The molecule has 5 nitrogen and oxygen atoms in total. The third kappa shape index (κ3) is 5.63. The van der Waals surface area contributed by atoms with Crippen LogP contribution in [0.4, 0.5) is 5.69 Å². The van der Waals surface area contributed by atoms with Gasteiger partial charge < -0.3 is 15.8 Å². The predicted molar refractivity (Wildman–Crippen MR) is 79.9 cm³/mol. The molecule has 106 valence electrons. The number of methoxy groups -OCH3 is 1. The van der Waals surface area contributed by atoms with E-state index in [1.807, 2.05) is 6.92 Å². The Balaban J connectivity index is 2.40. The van der Waals surface area contributed by atoms with Crippen molar-refractivity contribution in [1.82, 2.24) is 0 Å². The van der Waals surface area contributed by atoms with Crippen LogP contribution in [0, 0.1) is 0 Å². The number of nitrogens with two attached hydrogens (primary N) is 1. The molecule has 3 N–H and O–H groups in total. The Morgan fingerprint density at radius 2 is 2.32 bits per heavy atom. The number of rotatable bonds is 7. The first-order valence-electron chi connectivity index (χ1n) is 5.83. The topological polar surface area (TPSA) is 81.4 Å². The summed E-state index contributed by atoms with van der Waals surface area (Å²) >= 11 is 2.77. The first-order chi connectivity index (χ1) is 9.04. The lowest BCUT2D eigenvalue weighted by molar-refractivity contribution is -0.113. The van der Waals surface area contributed by atoms with Crippen LogP contribution in [0.3, 0.4) is 0 Å². The maximum atomic E-state index is 11.7. The summed E-state index contributed by atoms with van der Waals surface area (Å²) in [4.78, 5) is 23.6. The highest BCUT2D eigenvalue weighted by Crippen LogP contribution is 2.23. The van der Waals surface area contributed by atoms with Gasteiger partial charge in [-0.2, -0.15) is 11.8 Å². The summed E-state index contributed by atoms with van der Waals surface area (Å²) in [6.07, 6.45) is 0.879. The molecule has 0 aromatic carbocycles. The van der Waals surface area contributed by atoms with Crippen LogP contribution >= 0.6 is 23.1 Å². The molecule has 1 heterocycles. The molecule has 0 aliphatic heterocycles. The third-order valence-electron chi connectivity index (χ3n) is 2.26. The fraction of sp³-hybridized carbons (Fsp3) is 0.500. The molecule has 1 aromatic rings. The fourth-order valence-electron chi connectivity index (χ4n) is 1.28. The van der Waals surface area contributed by atoms with E-state index in [0.717, 1.165) is 12.2 Å². The van der Waals surface area contributed by atoms with Crippen molar-refractivity contribution in [2.24, 2.45) is 5.73 Å². The molecule has 0 saturated heterocycles. The van der Waals surface area contributed by atoms with Crippen molar-refractivity contribution in [3.05, 3.63) is 16.3 Å². The largest absolute Gasteiger partial charge is 0.465 e. The Morgan fingerprint density at radius 1 is 1.58 bits per heavy atom. The lowest BCUT2D eigenvalue weighted by Gasteiger charge is -2.06. The molecular weight excluding hydrogens is 284 g/mol. The van der Waals surface area contributed by atoms with E-state index in [-0.39, 0.29) is 11.9 Å². The first kappa shape index (κ1) is 16.0. The van der Waals surface area contributed by atoms with E-state index in [1.165, 1.54) is 30.2 Å². The minimum Gasteiger partial charge on any atom is -0.465 e. The summed E-state index contributed by atoms with van der Waals surface area (Å²) in [5, 5.41) is 4.45. The van der Waals surface area contributed by atoms with Gasteiger partial charge in [0.1, 0.15) is 4.88 Å². The Hall–Kier alpha value is -1.05. The first-order valence-corrected chi connectivity index (χ1v) is 7.87. The molecule has 1 aromatic heterocycles. The van der Waals surface area contributed by atoms with Crippen LogP contribution in [0.1, 0.15) is 23.0 Å². The molecule has 1 unspecified atom stereocenters. The zero-order chi connectivity index (χ0) is 14.3. The van der Waals surface area contributed by atoms with E-state index in [4.69, 9.17) is 5.73 Å². The summed E-state index contributed by atoms with van der Waals surface area (Å²) in [7, 11) is 1.32. The fourth-order valence-corrected chi connectivity index (χ4v) is 2.99. The van der Waals surface area contributed by atoms with Crippen LogP contribution < -0.4 is 11.1 Å². The average Bonchev–Trinajstić information content (AvgIpc) is 2.81. The van der Waals surface area contributed by atoms with Gasteiger partial charge in [0.15, 0.2) is 0 Å². The zero-order valence-corrected chi connectivity index (χ0v) is 12.6. The van der Waals surface area contributed by atoms with Crippen LogP contribution in [-0.2, 0) is 9.53 Å². The maximum absolute atomic E-state index is 11.7. The molecule has 0 aliphatic rings. The molecule has 19 heavy (non-hydrogen) atoms. The number of hydrogen-bond donors (Lipinski definition) is 2. The standard InChI is InChI=1S/C12H18N2O3S2/c1-8(13)3-5-18-7-10(15)14-9-4-6-19-11(9)12(16)17-2/h4,6,8H,3,5,7,13H2,1-2H3,(H,14,15). The van der Waals surface area contributed by atoms with Crippen LogP contribution in [0.15, 0.2) is 11.4 Å². The van der Waals surface area contributed by atoms with Crippen molar-refractivity contribution in [3.63, 3.8) is 0 Å². The summed E-state index contributed by atoms with van der Waals surface area (Å²) in [6.45, 7) is 1.94. The summed E-state index contributed by atoms with van der Waals surface area (Å²) in [5.41, 5.74) is 6.13. The van der Waals surface area contributed by atoms with Gasteiger partial charge in [-0.1, -0.05) is 0 Å². The van der Waals surface area contributed by atoms with Crippen molar-refractivity contribution in [1.29, 1.82) is 0 Å². The Bertz CT molecular complexity index is 432.